The van der Waals surface area contributed by atoms with Crippen LogP contribution in [0.15, 0.2) is 0 Å². The van der Waals surface area contributed by atoms with Crippen LogP contribution in [0.2, 0.25) is 0 Å². The summed E-state index contributed by atoms with van der Waals surface area (Å²) in [7, 11) is 0. The second-order valence-corrected chi connectivity index (χ2v) is 6.03. The van der Waals surface area contributed by atoms with Gasteiger partial charge in [-0.2, -0.15) is 0 Å². The first-order chi connectivity index (χ1) is 9.54. The van der Waals surface area contributed by atoms with Gasteiger partial charge in [0.25, 0.3) is 0 Å². The van der Waals surface area contributed by atoms with Crippen LogP contribution in [0, 0.1) is 5.92 Å². The number of hydrogen-bond donors (Lipinski definition) is 2. The molecule has 2 aliphatic rings. The van der Waals surface area contributed by atoms with Gasteiger partial charge in [-0.15, -0.1) is 0 Å². The first kappa shape index (κ1) is 15.7. The third-order valence-electron chi connectivity index (χ3n) is 4.47. The Morgan fingerprint density at radius 1 is 1.15 bits per heavy atom. The Hall–Kier alpha value is -0.650. The summed E-state index contributed by atoms with van der Waals surface area (Å²) < 4.78 is 11.4. The normalized spacial score (nSPS) is 41.7. The van der Waals surface area contributed by atoms with Gasteiger partial charge in [-0.1, -0.05) is 19.8 Å². The molecule has 2 fully saturated rings. The number of cyclic esters (lactones) is 1. The summed E-state index contributed by atoms with van der Waals surface area (Å²) in [6.07, 6.45) is 2.55. The van der Waals surface area contributed by atoms with E-state index in [4.69, 9.17) is 9.47 Å². The highest BCUT2D eigenvalue weighted by molar-refractivity contribution is 5.73. The van der Waals surface area contributed by atoms with E-state index in [0.29, 0.717) is 6.42 Å². The van der Waals surface area contributed by atoms with Crippen LogP contribution in [-0.2, 0) is 14.3 Å². The predicted molar refractivity (Wildman–Crippen MR) is 73.1 cm³/mol. The molecule has 5 heteroatoms. The number of aliphatic hydroxyl groups excluding tert-OH is 2. The fraction of sp³-hybridized carbons (Fsp3) is 0.933. The Bertz CT molecular complexity index is 332. The van der Waals surface area contributed by atoms with Crippen molar-refractivity contribution in [3.8, 4) is 0 Å². The van der Waals surface area contributed by atoms with Crippen LogP contribution in [-0.4, -0.2) is 46.7 Å². The third kappa shape index (κ3) is 3.32. The minimum Gasteiger partial charge on any atom is -0.459 e. The number of fused-ring (bicyclic) bond motifs is 2. The Balaban J connectivity index is 2.08. The minimum atomic E-state index is -1.12. The summed E-state index contributed by atoms with van der Waals surface area (Å²) in [6, 6.07) is 0. The van der Waals surface area contributed by atoms with E-state index in [1.54, 1.807) is 6.92 Å². The van der Waals surface area contributed by atoms with Crippen molar-refractivity contribution >= 4 is 5.97 Å². The monoisotopic (exact) mass is 286 g/mol. The number of ether oxygens (including phenoxy) is 2. The van der Waals surface area contributed by atoms with Crippen LogP contribution in [0.5, 0.6) is 0 Å². The lowest BCUT2D eigenvalue weighted by Gasteiger charge is -2.25. The molecule has 0 spiro atoms. The van der Waals surface area contributed by atoms with E-state index in [0.717, 1.165) is 32.1 Å². The smallest absolute Gasteiger partial charge is 0.311 e. The van der Waals surface area contributed by atoms with Crippen LogP contribution in [0.3, 0.4) is 0 Å². The molecule has 116 valence electrons. The molecule has 2 aliphatic heterocycles. The zero-order valence-electron chi connectivity index (χ0n) is 12.3. The van der Waals surface area contributed by atoms with E-state index in [1.807, 2.05) is 0 Å². The van der Waals surface area contributed by atoms with Gasteiger partial charge >= 0.3 is 5.97 Å². The van der Waals surface area contributed by atoms with Crippen molar-refractivity contribution in [1.82, 2.24) is 0 Å². The first-order valence-corrected chi connectivity index (χ1v) is 7.76. The number of hydrogen-bond acceptors (Lipinski definition) is 5. The van der Waals surface area contributed by atoms with E-state index < -0.39 is 24.1 Å². The number of rotatable bonds is 4. The summed E-state index contributed by atoms with van der Waals surface area (Å²) in [5.41, 5.74) is 0. The van der Waals surface area contributed by atoms with Crippen LogP contribution in [0.4, 0.5) is 0 Å². The third-order valence-corrected chi connectivity index (χ3v) is 4.47. The zero-order chi connectivity index (χ0) is 14.7. The molecule has 6 atom stereocenters. The molecule has 2 N–H and O–H groups in total. The molecule has 2 unspecified atom stereocenters. The maximum atomic E-state index is 12.0. The topological polar surface area (TPSA) is 76.0 Å². The molecule has 0 amide bonds. The fourth-order valence-corrected chi connectivity index (χ4v) is 3.04. The van der Waals surface area contributed by atoms with Crippen molar-refractivity contribution < 1.29 is 24.5 Å². The van der Waals surface area contributed by atoms with Crippen molar-refractivity contribution in [3.63, 3.8) is 0 Å². The van der Waals surface area contributed by atoms with Gasteiger partial charge in [0.1, 0.15) is 12.2 Å². The lowest BCUT2D eigenvalue weighted by molar-refractivity contribution is -0.162. The molecular weight excluding hydrogens is 260 g/mol. The Labute approximate surface area is 120 Å². The second kappa shape index (κ2) is 6.87. The van der Waals surface area contributed by atoms with Crippen molar-refractivity contribution in [3.05, 3.63) is 0 Å². The van der Waals surface area contributed by atoms with Gasteiger partial charge in [-0.05, 0) is 32.6 Å². The number of carbonyl (C=O) groups excluding carboxylic acids is 1. The summed E-state index contributed by atoms with van der Waals surface area (Å²) in [6.45, 7) is 3.73. The Kier molecular flexibility index (Phi) is 5.41. The summed E-state index contributed by atoms with van der Waals surface area (Å²) in [4.78, 5) is 12.0. The van der Waals surface area contributed by atoms with Crippen LogP contribution in [0.25, 0.3) is 0 Å². The number of esters is 1. The molecule has 0 saturated carbocycles. The maximum Gasteiger partial charge on any atom is 0.311 e. The molecule has 2 saturated heterocycles. The average molecular weight is 286 g/mol. The van der Waals surface area contributed by atoms with E-state index in [9.17, 15) is 15.0 Å². The Morgan fingerprint density at radius 3 is 2.55 bits per heavy atom. The lowest BCUT2D eigenvalue weighted by atomic mass is 9.93. The highest BCUT2D eigenvalue weighted by Gasteiger charge is 2.44. The molecule has 0 aromatic rings. The highest BCUT2D eigenvalue weighted by Crippen LogP contribution is 2.32. The summed E-state index contributed by atoms with van der Waals surface area (Å²) in [5.74, 6) is -1.16. The quantitative estimate of drug-likeness (QED) is 0.603. The van der Waals surface area contributed by atoms with Crippen molar-refractivity contribution in [1.29, 1.82) is 0 Å². The van der Waals surface area contributed by atoms with Gasteiger partial charge in [-0.3, -0.25) is 4.79 Å². The fourth-order valence-electron chi connectivity index (χ4n) is 3.04. The van der Waals surface area contributed by atoms with Gasteiger partial charge in [0.2, 0.25) is 0 Å². The van der Waals surface area contributed by atoms with E-state index in [1.165, 1.54) is 0 Å². The van der Waals surface area contributed by atoms with Crippen molar-refractivity contribution in [2.45, 2.75) is 82.9 Å². The van der Waals surface area contributed by atoms with Crippen LogP contribution < -0.4 is 0 Å². The van der Waals surface area contributed by atoms with E-state index in [-0.39, 0.29) is 18.3 Å². The SMILES string of the molecule is CCCCC[C@H]1OC(=O)[C@H](C)[C@H](O)[C@@H](O)C2CCC1O2. The standard InChI is InChI=1S/C15H26O5/c1-3-4-5-6-10-11-7-8-12(19-11)14(17)13(16)9(2)15(18)20-10/h9-14,16-17H,3-8H2,1-2H3/t9-,10-,11?,12?,13+,14+/m1/s1. The molecule has 5 nitrogen and oxygen atoms in total. The molecule has 0 aliphatic carbocycles. The molecule has 20 heavy (non-hydrogen) atoms. The molecule has 2 heterocycles. The van der Waals surface area contributed by atoms with Crippen LogP contribution >= 0.6 is 0 Å². The molecule has 0 aromatic heterocycles. The minimum absolute atomic E-state index is 0.145. The largest absolute Gasteiger partial charge is 0.459 e. The average Bonchev–Trinajstić information content (AvgIpc) is 2.93. The molecule has 2 rings (SSSR count). The summed E-state index contributed by atoms with van der Waals surface area (Å²) in [5, 5.41) is 20.1. The highest BCUT2D eigenvalue weighted by atomic mass is 16.6. The number of unbranched alkanes of at least 4 members (excludes halogenated alkanes) is 2. The van der Waals surface area contributed by atoms with E-state index in [2.05, 4.69) is 6.92 Å². The first-order valence-electron chi connectivity index (χ1n) is 7.76. The molecule has 2 bridgehead atoms. The van der Waals surface area contributed by atoms with Gasteiger partial charge in [0, 0.05) is 0 Å². The summed E-state index contributed by atoms with van der Waals surface area (Å²) >= 11 is 0. The second-order valence-electron chi connectivity index (χ2n) is 6.03. The van der Waals surface area contributed by atoms with E-state index >= 15 is 0 Å². The molecule has 0 aromatic carbocycles. The van der Waals surface area contributed by atoms with Gasteiger partial charge in [0.05, 0.1) is 24.2 Å². The van der Waals surface area contributed by atoms with Crippen LogP contribution in [0.1, 0.15) is 52.4 Å². The molecule has 0 radical (unpaired) electrons. The van der Waals surface area contributed by atoms with Gasteiger partial charge < -0.3 is 19.7 Å². The zero-order valence-corrected chi connectivity index (χ0v) is 12.3. The number of carbonyl (C=O) groups is 1. The maximum absolute atomic E-state index is 12.0. The van der Waals surface area contributed by atoms with Crippen molar-refractivity contribution in [2.24, 2.45) is 5.92 Å². The lowest BCUT2D eigenvalue weighted by Crippen LogP contribution is -2.43. The van der Waals surface area contributed by atoms with Crippen molar-refractivity contribution in [2.75, 3.05) is 0 Å². The number of aliphatic hydroxyl groups is 2. The predicted octanol–water partition coefficient (Wildman–Crippen LogP) is 1.40. The van der Waals surface area contributed by atoms with Gasteiger partial charge in [-0.25, -0.2) is 0 Å². The molecular formula is C15H26O5. The van der Waals surface area contributed by atoms with Gasteiger partial charge in [0.15, 0.2) is 0 Å². The Morgan fingerprint density at radius 2 is 1.85 bits per heavy atom.